The molecule has 2 rings (SSSR count). The van der Waals surface area contributed by atoms with Crippen molar-refractivity contribution in [3.05, 3.63) is 35.4 Å². The normalized spacial score (nSPS) is 28.6. The van der Waals surface area contributed by atoms with Gasteiger partial charge in [0.15, 0.2) is 0 Å². The lowest BCUT2D eigenvalue weighted by Gasteiger charge is -2.48. The fourth-order valence-electron chi connectivity index (χ4n) is 3.60. The van der Waals surface area contributed by atoms with Gasteiger partial charge in [0.1, 0.15) is 5.60 Å². The van der Waals surface area contributed by atoms with E-state index in [0.717, 1.165) is 25.8 Å². The van der Waals surface area contributed by atoms with Gasteiger partial charge >= 0.3 is 5.97 Å². The van der Waals surface area contributed by atoms with Crippen LogP contribution in [0, 0.1) is 5.92 Å². The van der Waals surface area contributed by atoms with Crippen molar-refractivity contribution in [3.63, 3.8) is 0 Å². The lowest BCUT2D eigenvalue weighted by atomic mass is 9.75. The molecule has 0 unspecified atom stereocenters. The Labute approximate surface area is 141 Å². The second-order valence-corrected chi connectivity index (χ2v) is 7.13. The molecule has 0 saturated carbocycles. The summed E-state index contributed by atoms with van der Waals surface area (Å²) in [5, 5.41) is 0. The minimum absolute atomic E-state index is 0.0845. The van der Waals surface area contributed by atoms with Crippen LogP contribution in [0.2, 0.25) is 0 Å². The molecule has 1 aromatic rings. The summed E-state index contributed by atoms with van der Waals surface area (Å²) >= 11 is 0. The highest BCUT2D eigenvalue weighted by Gasteiger charge is 2.45. The standard InChI is InChI=1S/C20H31NO2/c1-6-17-8-10-18(11-9-17)13-20(23-19(22)7-2)12-16(4)21(5)14-15(20)3/h8-11,15-16H,6-7,12-14H2,1-5H3/t15-,16+,20-/m0/s1. The Bertz CT molecular complexity index is 525. The highest BCUT2D eigenvalue weighted by Crippen LogP contribution is 2.37. The molecule has 1 heterocycles. The number of hydrogen-bond acceptors (Lipinski definition) is 3. The molecule has 0 amide bonds. The Morgan fingerprint density at radius 2 is 1.83 bits per heavy atom. The van der Waals surface area contributed by atoms with Crippen LogP contribution in [0.1, 0.15) is 51.7 Å². The summed E-state index contributed by atoms with van der Waals surface area (Å²) in [5.41, 5.74) is 2.22. The van der Waals surface area contributed by atoms with E-state index in [9.17, 15) is 4.79 Å². The SMILES string of the molecule is CCC(=O)O[C@]1(Cc2ccc(CC)cc2)C[C@@H](C)N(C)C[C@@H]1C. The van der Waals surface area contributed by atoms with Crippen LogP contribution < -0.4 is 0 Å². The Morgan fingerprint density at radius 3 is 2.39 bits per heavy atom. The fourth-order valence-corrected chi connectivity index (χ4v) is 3.60. The number of carbonyl (C=O) groups is 1. The fraction of sp³-hybridized carbons (Fsp3) is 0.650. The second kappa shape index (κ2) is 7.48. The molecule has 23 heavy (non-hydrogen) atoms. The first-order valence-corrected chi connectivity index (χ1v) is 8.90. The molecule has 1 aliphatic rings. The maximum Gasteiger partial charge on any atom is 0.306 e. The number of hydrogen-bond donors (Lipinski definition) is 0. The predicted octanol–water partition coefficient (Wildman–Crippen LogP) is 3.84. The van der Waals surface area contributed by atoms with Crippen LogP contribution in [-0.2, 0) is 22.4 Å². The van der Waals surface area contributed by atoms with E-state index in [0.29, 0.717) is 18.4 Å². The van der Waals surface area contributed by atoms with Crippen LogP contribution in [0.3, 0.4) is 0 Å². The Hall–Kier alpha value is -1.35. The average Bonchev–Trinajstić information content (AvgIpc) is 2.53. The predicted molar refractivity (Wildman–Crippen MR) is 94.5 cm³/mol. The molecule has 1 saturated heterocycles. The maximum atomic E-state index is 12.1. The second-order valence-electron chi connectivity index (χ2n) is 7.13. The van der Waals surface area contributed by atoms with E-state index in [-0.39, 0.29) is 11.6 Å². The summed E-state index contributed by atoms with van der Waals surface area (Å²) < 4.78 is 6.05. The third kappa shape index (κ3) is 4.14. The number of aryl methyl sites for hydroxylation is 1. The number of rotatable bonds is 5. The minimum Gasteiger partial charge on any atom is -0.458 e. The van der Waals surface area contributed by atoms with Gasteiger partial charge in [-0.25, -0.2) is 0 Å². The molecule has 1 fully saturated rings. The van der Waals surface area contributed by atoms with E-state index in [1.165, 1.54) is 11.1 Å². The van der Waals surface area contributed by atoms with Gasteiger partial charge in [0.2, 0.25) is 0 Å². The number of piperidine rings is 1. The van der Waals surface area contributed by atoms with Gasteiger partial charge in [-0.15, -0.1) is 0 Å². The summed E-state index contributed by atoms with van der Waals surface area (Å²) in [6, 6.07) is 9.18. The van der Waals surface area contributed by atoms with Crippen molar-refractivity contribution in [2.45, 2.75) is 65.0 Å². The largest absolute Gasteiger partial charge is 0.458 e. The molecule has 3 nitrogen and oxygen atoms in total. The Balaban J connectivity index is 2.27. The molecule has 3 heteroatoms. The third-order valence-electron chi connectivity index (χ3n) is 5.39. The molecular weight excluding hydrogens is 286 g/mol. The van der Waals surface area contributed by atoms with Crippen molar-refractivity contribution in [2.75, 3.05) is 13.6 Å². The first-order chi connectivity index (χ1) is 10.9. The molecule has 0 aliphatic carbocycles. The molecule has 1 aromatic carbocycles. The van der Waals surface area contributed by atoms with Crippen LogP contribution in [0.5, 0.6) is 0 Å². The van der Waals surface area contributed by atoms with E-state index < -0.39 is 0 Å². The van der Waals surface area contributed by atoms with Crippen LogP contribution in [-0.4, -0.2) is 36.1 Å². The lowest BCUT2D eigenvalue weighted by molar-refractivity contribution is -0.174. The number of esters is 1. The van der Waals surface area contributed by atoms with Crippen molar-refractivity contribution in [1.82, 2.24) is 4.90 Å². The molecule has 0 bridgehead atoms. The van der Waals surface area contributed by atoms with Gasteiger partial charge in [-0.2, -0.15) is 0 Å². The van der Waals surface area contributed by atoms with Gasteiger partial charge in [0, 0.05) is 37.8 Å². The van der Waals surface area contributed by atoms with Crippen molar-refractivity contribution < 1.29 is 9.53 Å². The first-order valence-electron chi connectivity index (χ1n) is 8.90. The van der Waals surface area contributed by atoms with Gasteiger partial charge in [0.05, 0.1) is 0 Å². The summed E-state index contributed by atoms with van der Waals surface area (Å²) in [7, 11) is 2.16. The van der Waals surface area contributed by atoms with Crippen LogP contribution in [0.15, 0.2) is 24.3 Å². The van der Waals surface area contributed by atoms with E-state index >= 15 is 0 Å². The molecule has 0 N–H and O–H groups in total. The average molecular weight is 317 g/mol. The van der Waals surface area contributed by atoms with E-state index in [4.69, 9.17) is 4.74 Å². The number of nitrogens with zero attached hydrogens (tertiary/aromatic N) is 1. The van der Waals surface area contributed by atoms with Crippen LogP contribution in [0.4, 0.5) is 0 Å². The Kier molecular flexibility index (Phi) is 5.85. The summed E-state index contributed by atoms with van der Waals surface area (Å²) in [5.74, 6) is 0.240. The van der Waals surface area contributed by atoms with Crippen molar-refractivity contribution in [1.29, 1.82) is 0 Å². The maximum absolute atomic E-state index is 12.1. The highest BCUT2D eigenvalue weighted by atomic mass is 16.6. The zero-order valence-electron chi connectivity index (χ0n) is 15.3. The van der Waals surface area contributed by atoms with Gasteiger partial charge in [-0.05, 0) is 31.5 Å². The summed E-state index contributed by atoms with van der Waals surface area (Å²) in [6.07, 6.45) is 3.19. The topological polar surface area (TPSA) is 29.5 Å². The monoisotopic (exact) mass is 317 g/mol. The zero-order valence-corrected chi connectivity index (χ0v) is 15.3. The number of likely N-dealkylation sites (tertiary alicyclic amines) is 1. The van der Waals surface area contributed by atoms with Gasteiger partial charge < -0.3 is 9.64 Å². The molecular formula is C20H31NO2. The molecule has 3 atom stereocenters. The molecule has 0 spiro atoms. The van der Waals surface area contributed by atoms with Gasteiger partial charge in [-0.1, -0.05) is 45.0 Å². The van der Waals surface area contributed by atoms with E-state index in [1.54, 1.807) is 0 Å². The smallest absolute Gasteiger partial charge is 0.306 e. The molecule has 128 valence electrons. The Morgan fingerprint density at radius 1 is 1.22 bits per heavy atom. The number of ether oxygens (including phenoxy) is 1. The van der Waals surface area contributed by atoms with Gasteiger partial charge in [-0.3, -0.25) is 4.79 Å². The molecule has 0 radical (unpaired) electrons. The van der Waals surface area contributed by atoms with Gasteiger partial charge in [0.25, 0.3) is 0 Å². The van der Waals surface area contributed by atoms with Crippen molar-refractivity contribution in [3.8, 4) is 0 Å². The third-order valence-corrected chi connectivity index (χ3v) is 5.39. The van der Waals surface area contributed by atoms with E-state index in [2.05, 4.69) is 57.0 Å². The molecule has 0 aromatic heterocycles. The lowest BCUT2D eigenvalue weighted by Crippen LogP contribution is -2.56. The summed E-state index contributed by atoms with van der Waals surface area (Å²) in [6.45, 7) is 9.44. The van der Waals surface area contributed by atoms with Crippen LogP contribution >= 0.6 is 0 Å². The number of benzene rings is 1. The minimum atomic E-state index is -0.382. The first kappa shape index (κ1) is 18.0. The zero-order chi connectivity index (χ0) is 17.0. The summed E-state index contributed by atoms with van der Waals surface area (Å²) in [4.78, 5) is 14.4. The van der Waals surface area contributed by atoms with Crippen molar-refractivity contribution in [2.24, 2.45) is 5.92 Å². The number of carbonyl (C=O) groups excluding carboxylic acids is 1. The highest BCUT2D eigenvalue weighted by molar-refractivity contribution is 5.69. The van der Waals surface area contributed by atoms with E-state index in [1.807, 2.05) is 6.92 Å². The van der Waals surface area contributed by atoms with Crippen molar-refractivity contribution >= 4 is 5.97 Å². The van der Waals surface area contributed by atoms with Crippen LogP contribution in [0.25, 0.3) is 0 Å². The molecule has 1 aliphatic heterocycles. The quantitative estimate of drug-likeness (QED) is 0.773.